The standard InChI is InChI=1S/C23H22O8/c1-15(24)30-20-18(31-22(27)17-10-6-3-7-11-17)12-13-19(25)23(20,28)14-29-21(26)16-8-4-2-5-9-16/h2-13,18-20,25,28H,14H2,1H3/t18-,19+,20+,23-/m1/s1. The zero-order chi connectivity index (χ0) is 22.4. The highest BCUT2D eigenvalue weighted by molar-refractivity contribution is 5.90. The summed E-state index contributed by atoms with van der Waals surface area (Å²) in [6.45, 7) is 0.404. The second-order valence-electron chi connectivity index (χ2n) is 7.03. The van der Waals surface area contributed by atoms with Crippen molar-refractivity contribution in [2.75, 3.05) is 6.61 Å². The molecular weight excluding hydrogens is 404 g/mol. The molecule has 0 heterocycles. The second-order valence-corrected chi connectivity index (χ2v) is 7.03. The van der Waals surface area contributed by atoms with E-state index in [4.69, 9.17) is 14.2 Å². The van der Waals surface area contributed by atoms with Gasteiger partial charge in [-0.3, -0.25) is 4.79 Å². The van der Waals surface area contributed by atoms with Crippen molar-refractivity contribution in [2.45, 2.75) is 30.8 Å². The molecule has 8 nitrogen and oxygen atoms in total. The molecule has 2 aromatic rings. The molecule has 0 aromatic heterocycles. The van der Waals surface area contributed by atoms with E-state index in [-0.39, 0.29) is 11.1 Å². The largest absolute Gasteiger partial charge is 0.459 e. The summed E-state index contributed by atoms with van der Waals surface area (Å²) in [5.41, 5.74) is -1.75. The van der Waals surface area contributed by atoms with E-state index in [1.165, 1.54) is 24.3 Å². The molecule has 3 rings (SSSR count). The Kier molecular flexibility index (Phi) is 6.84. The summed E-state index contributed by atoms with van der Waals surface area (Å²) in [6.07, 6.45) is -1.78. The van der Waals surface area contributed by atoms with Gasteiger partial charge < -0.3 is 24.4 Å². The first-order valence-electron chi connectivity index (χ1n) is 9.55. The first kappa shape index (κ1) is 22.2. The number of hydrogen-bond acceptors (Lipinski definition) is 8. The lowest BCUT2D eigenvalue weighted by Crippen LogP contribution is -2.63. The Labute approximate surface area is 178 Å². The number of aliphatic hydroxyl groups excluding tert-OH is 1. The average Bonchev–Trinajstić information content (AvgIpc) is 2.78. The molecule has 0 unspecified atom stereocenters. The normalized spacial score (nSPS) is 24.8. The first-order valence-corrected chi connectivity index (χ1v) is 9.55. The van der Waals surface area contributed by atoms with Crippen LogP contribution in [0.4, 0.5) is 0 Å². The van der Waals surface area contributed by atoms with Gasteiger partial charge in [-0.1, -0.05) is 42.5 Å². The molecule has 0 saturated heterocycles. The minimum Gasteiger partial charge on any atom is -0.459 e. The van der Waals surface area contributed by atoms with Crippen molar-refractivity contribution >= 4 is 17.9 Å². The molecule has 0 spiro atoms. The van der Waals surface area contributed by atoms with Crippen molar-refractivity contribution in [1.29, 1.82) is 0 Å². The fraction of sp³-hybridized carbons (Fsp3) is 0.261. The van der Waals surface area contributed by atoms with Gasteiger partial charge >= 0.3 is 17.9 Å². The maximum Gasteiger partial charge on any atom is 0.338 e. The van der Waals surface area contributed by atoms with Crippen molar-refractivity contribution in [1.82, 2.24) is 0 Å². The van der Waals surface area contributed by atoms with Crippen molar-refractivity contribution in [3.63, 3.8) is 0 Å². The van der Waals surface area contributed by atoms with Gasteiger partial charge in [0.15, 0.2) is 17.8 Å². The number of aliphatic hydroxyl groups is 2. The maximum absolute atomic E-state index is 12.5. The van der Waals surface area contributed by atoms with E-state index in [0.717, 1.165) is 6.92 Å². The van der Waals surface area contributed by atoms with Gasteiger partial charge in [-0.25, -0.2) is 9.59 Å². The van der Waals surface area contributed by atoms with Gasteiger partial charge in [-0.05, 0) is 30.3 Å². The van der Waals surface area contributed by atoms with Crippen LogP contribution >= 0.6 is 0 Å². The molecule has 1 aliphatic rings. The smallest absolute Gasteiger partial charge is 0.338 e. The van der Waals surface area contributed by atoms with Gasteiger partial charge in [0.25, 0.3) is 0 Å². The van der Waals surface area contributed by atoms with E-state index in [0.29, 0.717) is 0 Å². The molecule has 4 atom stereocenters. The number of ether oxygens (including phenoxy) is 3. The van der Waals surface area contributed by atoms with Crippen LogP contribution < -0.4 is 0 Å². The summed E-state index contributed by atoms with van der Waals surface area (Å²) >= 11 is 0. The Hall–Kier alpha value is -3.49. The number of carbonyl (C=O) groups excluding carboxylic acids is 3. The van der Waals surface area contributed by atoms with E-state index in [9.17, 15) is 24.6 Å². The molecule has 0 radical (unpaired) electrons. The van der Waals surface area contributed by atoms with Gasteiger partial charge in [0.2, 0.25) is 0 Å². The fourth-order valence-corrected chi connectivity index (χ4v) is 3.16. The highest BCUT2D eigenvalue weighted by atomic mass is 16.6. The Morgan fingerprint density at radius 2 is 1.42 bits per heavy atom. The molecule has 0 bridgehead atoms. The lowest BCUT2D eigenvalue weighted by Gasteiger charge is -2.42. The van der Waals surface area contributed by atoms with Gasteiger partial charge in [-0.15, -0.1) is 0 Å². The third-order valence-corrected chi connectivity index (χ3v) is 4.78. The van der Waals surface area contributed by atoms with Crippen LogP contribution in [0.5, 0.6) is 0 Å². The highest BCUT2D eigenvalue weighted by Crippen LogP contribution is 2.31. The summed E-state index contributed by atoms with van der Waals surface area (Å²) in [7, 11) is 0. The number of carbonyl (C=O) groups is 3. The minimum absolute atomic E-state index is 0.239. The molecule has 2 aromatic carbocycles. The molecule has 2 N–H and O–H groups in total. The third-order valence-electron chi connectivity index (χ3n) is 4.78. The summed E-state index contributed by atoms with van der Waals surface area (Å²) in [4.78, 5) is 36.4. The van der Waals surface area contributed by atoms with Crippen LogP contribution in [0, 0.1) is 0 Å². The summed E-state index contributed by atoms with van der Waals surface area (Å²) in [5.74, 6) is -2.23. The molecule has 0 amide bonds. The average molecular weight is 426 g/mol. The number of hydrogen-bond donors (Lipinski definition) is 2. The quantitative estimate of drug-likeness (QED) is 0.407. The van der Waals surface area contributed by atoms with E-state index in [1.807, 2.05) is 0 Å². The van der Waals surface area contributed by atoms with Crippen LogP contribution in [0.15, 0.2) is 72.8 Å². The highest BCUT2D eigenvalue weighted by Gasteiger charge is 2.53. The second kappa shape index (κ2) is 9.55. The van der Waals surface area contributed by atoms with Gasteiger partial charge in [0.1, 0.15) is 12.7 Å². The molecular formula is C23H22O8. The van der Waals surface area contributed by atoms with Crippen LogP contribution in [0.25, 0.3) is 0 Å². The summed E-state index contributed by atoms with van der Waals surface area (Å²) < 4.78 is 15.8. The summed E-state index contributed by atoms with van der Waals surface area (Å²) in [5, 5.41) is 21.6. The van der Waals surface area contributed by atoms with Crippen LogP contribution in [0.1, 0.15) is 27.6 Å². The molecule has 162 valence electrons. The molecule has 0 saturated carbocycles. The monoisotopic (exact) mass is 426 g/mol. The van der Waals surface area contributed by atoms with E-state index in [2.05, 4.69) is 0 Å². The van der Waals surface area contributed by atoms with Crippen LogP contribution in [-0.2, 0) is 19.0 Å². The number of benzene rings is 2. The van der Waals surface area contributed by atoms with Gasteiger partial charge in [0, 0.05) is 6.92 Å². The molecule has 31 heavy (non-hydrogen) atoms. The molecule has 8 heteroatoms. The van der Waals surface area contributed by atoms with Crippen LogP contribution in [0.3, 0.4) is 0 Å². The Morgan fingerprint density at radius 3 is 1.97 bits per heavy atom. The van der Waals surface area contributed by atoms with Crippen LogP contribution in [-0.4, -0.2) is 58.6 Å². The predicted octanol–water partition coefficient (Wildman–Crippen LogP) is 1.66. The maximum atomic E-state index is 12.5. The first-order chi connectivity index (χ1) is 14.8. The lowest BCUT2D eigenvalue weighted by atomic mass is 9.82. The van der Waals surface area contributed by atoms with Crippen molar-refractivity contribution < 1.29 is 38.8 Å². The minimum atomic E-state index is -2.24. The molecule has 0 fully saturated rings. The lowest BCUT2D eigenvalue weighted by molar-refractivity contribution is -0.205. The van der Waals surface area contributed by atoms with E-state index in [1.54, 1.807) is 48.5 Å². The zero-order valence-electron chi connectivity index (χ0n) is 16.7. The Bertz CT molecular complexity index is 956. The van der Waals surface area contributed by atoms with Crippen molar-refractivity contribution in [2.24, 2.45) is 0 Å². The fourth-order valence-electron chi connectivity index (χ4n) is 3.16. The molecule has 1 aliphatic carbocycles. The van der Waals surface area contributed by atoms with Gasteiger partial charge in [0.05, 0.1) is 11.1 Å². The SMILES string of the molecule is CC(=O)O[C@H]1[C@H](OC(=O)c2ccccc2)C=C[C@H](O)[C@]1(O)COC(=O)c1ccccc1. The third kappa shape index (κ3) is 5.17. The zero-order valence-corrected chi connectivity index (χ0v) is 16.7. The van der Waals surface area contributed by atoms with E-state index < -0.39 is 48.4 Å². The van der Waals surface area contributed by atoms with E-state index >= 15 is 0 Å². The number of esters is 3. The van der Waals surface area contributed by atoms with Crippen molar-refractivity contribution in [3.8, 4) is 0 Å². The Balaban J connectivity index is 1.81. The topological polar surface area (TPSA) is 119 Å². The Morgan fingerprint density at radius 1 is 0.871 bits per heavy atom. The summed E-state index contributed by atoms with van der Waals surface area (Å²) in [6, 6.07) is 16.2. The predicted molar refractivity (Wildman–Crippen MR) is 108 cm³/mol. The van der Waals surface area contributed by atoms with Gasteiger partial charge in [-0.2, -0.15) is 0 Å². The van der Waals surface area contributed by atoms with Crippen molar-refractivity contribution in [3.05, 3.63) is 83.9 Å². The molecule has 0 aliphatic heterocycles. The van der Waals surface area contributed by atoms with Crippen LogP contribution in [0.2, 0.25) is 0 Å². The number of rotatable bonds is 6.